The van der Waals surface area contributed by atoms with E-state index < -0.39 is 17.2 Å². The fourth-order valence-electron chi connectivity index (χ4n) is 3.64. The zero-order valence-corrected chi connectivity index (χ0v) is 22.1. The van der Waals surface area contributed by atoms with Crippen LogP contribution in [0.4, 0.5) is 17.2 Å². The maximum Gasteiger partial charge on any atom is 0.272 e. The molecule has 0 saturated heterocycles. The fourth-order valence-corrected chi connectivity index (χ4v) is 3.64. The topological polar surface area (TPSA) is 173 Å². The fraction of sp³-hybridized carbons (Fsp3) is 0.375. The van der Waals surface area contributed by atoms with Crippen LogP contribution < -0.4 is 26.0 Å². The molecule has 13 nitrogen and oxygen atoms in total. The van der Waals surface area contributed by atoms with E-state index in [1.807, 2.05) is 0 Å². The SMILES string of the molecule is [B]C([B])([B])NC(=O)c1nnc(NC(=O)C2CC2)cc1Nc1cccc(-c2nc([C@@H](C)NC(=O)CC)no2)c1OC. The Morgan fingerprint density at radius 1 is 1.18 bits per heavy atom. The van der Waals surface area contributed by atoms with Gasteiger partial charge in [0.05, 0.1) is 53.6 Å². The van der Waals surface area contributed by atoms with Gasteiger partial charge >= 0.3 is 0 Å². The summed E-state index contributed by atoms with van der Waals surface area (Å²) in [5, 5.41) is 20.6. The van der Waals surface area contributed by atoms with Crippen molar-refractivity contribution in [3.8, 4) is 17.2 Å². The van der Waals surface area contributed by atoms with Gasteiger partial charge in [-0.3, -0.25) is 14.4 Å². The molecule has 0 bridgehead atoms. The number of carbonyl (C=O) groups excluding carboxylic acids is 3. The molecule has 1 atom stereocenters. The van der Waals surface area contributed by atoms with Crippen LogP contribution in [0.2, 0.25) is 0 Å². The van der Waals surface area contributed by atoms with E-state index in [2.05, 4.69) is 41.6 Å². The first-order valence-corrected chi connectivity index (χ1v) is 12.4. The number of ether oxygens (including phenoxy) is 1. The van der Waals surface area contributed by atoms with E-state index in [0.717, 1.165) is 12.8 Å². The van der Waals surface area contributed by atoms with Gasteiger partial charge in [0, 0.05) is 18.4 Å². The monoisotopic (exact) mass is 538 g/mol. The van der Waals surface area contributed by atoms with Crippen LogP contribution in [0.5, 0.6) is 5.75 Å². The molecule has 40 heavy (non-hydrogen) atoms. The van der Waals surface area contributed by atoms with Gasteiger partial charge in [0.2, 0.25) is 11.8 Å². The molecule has 4 N–H and O–H groups in total. The van der Waals surface area contributed by atoms with Crippen molar-refractivity contribution in [2.24, 2.45) is 5.92 Å². The highest BCUT2D eigenvalue weighted by molar-refractivity contribution is 6.60. The third-order valence-electron chi connectivity index (χ3n) is 5.78. The number of carbonyl (C=O) groups is 3. The molecule has 3 amide bonds. The highest BCUT2D eigenvalue weighted by atomic mass is 16.5. The lowest BCUT2D eigenvalue weighted by atomic mass is 9.49. The summed E-state index contributed by atoms with van der Waals surface area (Å²) >= 11 is 0. The van der Waals surface area contributed by atoms with Crippen LogP contribution in [0.15, 0.2) is 28.8 Å². The molecule has 1 aliphatic rings. The van der Waals surface area contributed by atoms with Gasteiger partial charge in [-0.15, -0.1) is 10.2 Å². The number of aromatic nitrogens is 4. The number of hydrogen-bond acceptors (Lipinski definition) is 10. The van der Waals surface area contributed by atoms with E-state index in [4.69, 9.17) is 32.8 Å². The molecule has 2 heterocycles. The van der Waals surface area contributed by atoms with Crippen molar-refractivity contribution >= 4 is 58.5 Å². The van der Waals surface area contributed by atoms with Gasteiger partial charge in [0.25, 0.3) is 11.8 Å². The van der Waals surface area contributed by atoms with Crippen LogP contribution in [0.1, 0.15) is 55.5 Å². The van der Waals surface area contributed by atoms with E-state index in [1.54, 1.807) is 32.0 Å². The lowest BCUT2D eigenvalue weighted by Crippen LogP contribution is -2.50. The van der Waals surface area contributed by atoms with Crippen LogP contribution in [-0.2, 0) is 9.59 Å². The minimum Gasteiger partial charge on any atom is -0.494 e. The van der Waals surface area contributed by atoms with Crippen molar-refractivity contribution in [3.05, 3.63) is 35.8 Å². The third-order valence-corrected chi connectivity index (χ3v) is 5.78. The Labute approximate surface area is 234 Å². The lowest BCUT2D eigenvalue weighted by molar-refractivity contribution is -0.121. The lowest BCUT2D eigenvalue weighted by Gasteiger charge is -2.23. The van der Waals surface area contributed by atoms with Crippen molar-refractivity contribution in [2.75, 3.05) is 17.7 Å². The molecule has 6 radical (unpaired) electrons. The smallest absolute Gasteiger partial charge is 0.272 e. The molecule has 200 valence electrons. The van der Waals surface area contributed by atoms with Gasteiger partial charge in [0.1, 0.15) is 0 Å². The largest absolute Gasteiger partial charge is 0.494 e. The average Bonchev–Trinajstić information content (AvgIpc) is 3.64. The molecule has 1 aliphatic carbocycles. The van der Waals surface area contributed by atoms with Crippen molar-refractivity contribution < 1.29 is 23.6 Å². The van der Waals surface area contributed by atoms with Crippen molar-refractivity contribution in [1.29, 1.82) is 0 Å². The van der Waals surface area contributed by atoms with E-state index in [-0.39, 0.29) is 46.6 Å². The first-order valence-electron chi connectivity index (χ1n) is 12.4. The summed E-state index contributed by atoms with van der Waals surface area (Å²) in [5.74, 6) is -0.425. The number of nitrogens with zero attached hydrogens (tertiary/aromatic N) is 4. The van der Waals surface area contributed by atoms with Crippen LogP contribution in [-0.4, -0.2) is 73.9 Å². The minimum atomic E-state index is -2.02. The first kappa shape index (κ1) is 28.6. The van der Waals surface area contributed by atoms with Gasteiger partial charge in [-0.2, -0.15) is 4.98 Å². The zero-order valence-electron chi connectivity index (χ0n) is 22.1. The quantitative estimate of drug-likeness (QED) is 0.259. The number of rotatable bonds is 11. The van der Waals surface area contributed by atoms with Crippen molar-refractivity contribution in [1.82, 2.24) is 31.0 Å². The second kappa shape index (κ2) is 11.8. The van der Waals surface area contributed by atoms with E-state index in [0.29, 0.717) is 23.4 Å². The zero-order chi connectivity index (χ0) is 29.0. The summed E-state index contributed by atoms with van der Waals surface area (Å²) in [7, 11) is 18.0. The average molecular weight is 538 g/mol. The summed E-state index contributed by atoms with van der Waals surface area (Å²) in [4.78, 5) is 41.3. The number of para-hydroxylation sites is 1. The highest BCUT2D eigenvalue weighted by Crippen LogP contribution is 2.38. The predicted octanol–water partition coefficient (Wildman–Crippen LogP) is 1.06. The Morgan fingerprint density at radius 2 is 1.93 bits per heavy atom. The summed E-state index contributed by atoms with van der Waals surface area (Å²) in [6, 6.07) is 6.02. The molecule has 0 unspecified atom stereocenters. The maximum atomic E-state index is 12.9. The molecule has 3 aromatic rings. The number of amides is 3. The van der Waals surface area contributed by atoms with E-state index in [1.165, 1.54) is 13.2 Å². The molecule has 0 aliphatic heterocycles. The number of hydrogen-bond donors (Lipinski definition) is 4. The molecule has 1 fully saturated rings. The molecule has 4 rings (SSSR count). The van der Waals surface area contributed by atoms with Crippen LogP contribution in [0.3, 0.4) is 0 Å². The van der Waals surface area contributed by atoms with Gasteiger partial charge in [0.15, 0.2) is 23.1 Å². The Hall–Kier alpha value is -4.36. The van der Waals surface area contributed by atoms with Crippen molar-refractivity contribution in [3.63, 3.8) is 0 Å². The molecule has 0 spiro atoms. The Kier molecular flexibility index (Phi) is 8.45. The third kappa shape index (κ3) is 6.99. The standard InChI is InChI=1S/C24H25B3N8O5/c1-4-17(36)28-11(2)20-31-23(40-35-20)13-6-5-7-14(19(13)39-3)29-15-10-16(30-21(37)12-8-9-12)33-34-18(15)22(38)32-24(25,26)27/h5-7,10-12H,4,8-9H2,1-3H3,(H,28,36)(H,32,38)(H2,29,30,33,37)/t11-/m1/s1. The summed E-state index contributed by atoms with van der Waals surface area (Å²) in [5.41, 5.74) is 0.747. The van der Waals surface area contributed by atoms with E-state index in [9.17, 15) is 14.4 Å². The van der Waals surface area contributed by atoms with Crippen LogP contribution in [0.25, 0.3) is 11.5 Å². The Bertz CT molecular complexity index is 1420. The van der Waals surface area contributed by atoms with E-state index >= 15 is 0 Å². The Morgan fingerprint density at radius 3 is 2.58 bits per heavy atom. The van der Waals surface area contributed by atoms with Crippen LogP contribution >= 0.6 is 0 Å². The number of anilines is 3. The molecule has 1 saturated carbocycles. The second-order valence-corrected chi connectivity index (χ2v) is 9.25. The molecular weight excluding hydrogens is 513 g/mol. The highest BCUT2D eigenvalue weighted by Gasteiger charge is 2.30. The summed E-state index contributed by atoms with van der Waals surface area (Å²) in [6.45, 7) is 3.47. The number of nitrogens with one attached hydrogen (secondary N) is 4. The number of methoxy groups -OCH3 is 1. The molecule has 2 aromatic heterocycles. The molecular formula is C24H25B3N8O5. The molecule has 1 aromatic carbocycles. The summed E-state index contributed by atoms with van der Waals surface area (Å²) < 4.78 is 11.1. The minimum absolute atomic E-state index is 0.0809. The predicted molar refractivity (Wildman–Crippen MR) is 147 cm³/mol. The van der Waals surface area contributed by atoms with Crippen LogP contribution in [0, 0.1) is 5.92 Å². The van der Waals surface area contributed by atoms with Gasteiger partial charge in [-0.1, -0.05) is 23.4 Å². The second-order valence-electron chi connectivity index (χ2n) is 9.25. The normalized spacial score (nSPS) is 13.7. The van der Waals surface area contributed by atoms with Gasteiger partial charge in [-0.25, -0.2) is 0 Å². The Balaban J connectivity index is 1.68. The maximum absolute atomic E-state index is 12.9. The number of benzene rings is 1. The first-order chi connectivity index (χ1) is 19.0. The molecule has 16 heteroatoms. The van der Waals surface area contributed by atoms with Crippen molar-refractivity contribution in [2.45, 2.75) is 44.4 Å². The summed E-state index contributed by atoms with van der Waals surface area (Å²) in [6.07, 6.45) is 1.90. The van der Waals surface area contributed by atoms with Gasteiger partial charge in [-0.05, 0) is 31.9 Å². The van der Waals surface area contributed by atoms with Gasteiger partial charge < -0.3 is 30.5 Å².